The van der Waals surface area contributed by atoms with Crippen molar-refractivity contribution in [1.29, 1.82) is 0 Å². The topological polar surface area (TPSA) is 35.2 Å². The highest BCUT2D eigenvalue weighted by Gasteiger charge is 2.04. The van der Waals surface area contributed by atoms with Crippen LogP contribution in [0, 0.1) is 17.7 Å². The molecule has 0 atom stereocenters. The van der Waals surface area contributed by atoms with Gasteiger partial charge in [0.05, 0.1) is 7.11 Å². The third-order valence-electron chi connectivity index (χ3n) is 1.68. The van der Waals surface area contributed by atoms with Crippen molar-refractivity contribution in [3.63, 3.8) is 0 Å². The summed E-state index contributed by atoms with van der Waals surface area (Å²) in [5, 5.41) is 0. The summed E-state index contributed by atoms with van der Waals surface area (Å²) in [6.45, 7) is 0.476. The van der Waals surface area contributed by atoms with Gasteiger partial charge in [-0.25, -0.2) is 4.39 Å². The van der Waals surface area contributed by atoms with Gasteiger partial charge in [0.1, 0.15) is 17.1 Å². The van der Waals surface area contributed by atoms with Gasteiger partial charge in [-0.1, -0.05) is 17.9 Å². The van der Waals surface area contributed by atoms with E-state index in [1.54, 1.807) is 12.1 Å². The minimum atomic E-state index is -0.367. The van der Waals surface area contributed by atoms with Crippen molar-refractivity contribution in [1.82, 2.24) is 0 Å². The Morgan fingerprint density at radius 3 is 2.93 bits per heavy atom. The molecule has 0 bridgehead atoms. The highest BCUT2D eigenvalue weighted by atomic mass is 19.1. The second-order valence-electron chi connectivity index (χ2n) is 2.66. The lowest BCUT2D eigenvalue weighted by molar-refractivity contribution is 0.409. The summed E-state index contributed by atoms with van der Waals surface area (Å²) in [5.41, 5.74) is 5.57. The highest BCUT2D eigenvalue weighted by molar-refractivity contribution is 5.46. The van der Waals surface area contributed by atoms with Crippen molar-refractivity contribution in [2.24, 2.45) is 5.73 Å². The standard InChI is InChI=1S/C11H12FNO/c1-14-11-7-4-6-10(12)9(11)5-2-3-8-13/h4,6-7H,3,8,13H2,1H3. The molecule has 0 amide bonds. The van der Waals surface area contributed by atoms with E-state index in [-0.39, 0.29) is 5.82 Å². The molecule has 0 saturated carbocycles. The number of methoxy groups -OCH3 is 1. The van der Waals surface area contributed by atoms with Crippen LogP contribution in [0.1, 0.15) is 12.0 Å². The molecule has 1 rings (SSSR count). The molecule has 2 N–H and O–H groups in total. The van der Waals surface area contributed by atoms with E-state index in [4.69, 9.17) is 10.5 Å². The average molecular weight is 193 g/mol. The van der Waals surface area contributed by atoms with Crippen LogP contribution in [0.15, 0.2) is 18.2 Å². The van der Waals surface area contributed by atoms with Crippen LogP contribution in [0.25, 0.3) is 0 Å². The molecule has 1 aromatic carbocycles. The van der Waals surface area contributed by atoms with Gasteiger partial charge in [-0.3, -0.25) is 0 Å². The molecule has 0 spiro atoms. The third kappa shape index (κ3) is 2.48. The van der Waals surface area contributed by atoms with Gasteiger partial charge in [-0.15, -0.1) is 0 Å². The summed E-state index contributed by atoms with van der Waals surface area (Å²) in [4.78, 5) is 0. The van der Waals surface area contributed by atoms with Gasteiger partial charge in [0, 0.05) is 13.0 Å². The van der Waals surface area contributed by atoms with Gasteiger partial charge >= 0.3 is 0 Å². The Bertz CT molecular complexity index is 365. The zero-order chi connectivity index (χ0) is 10.4. The van der Waals surface area contributed by atoms with Crippen molar-refractivity contribution < 1.29 is 9.13 Å². The molecule has 14 heavy (non-hydrogen) atoms. The van der Waals surface area contributed by atoms with Crippen molar-refractivity contribution in [2.45, 2.75) is 6.42 Å². The third-order valence-corrected chi connectivity index (χ3v) is 1.68. The van der Waals surface area contributed by atoms with Crippen LogP contribution in [0.2, 0.25) is 0 Å². The van der Waals surface area contributed by atoms with Crippen LogP contribution in [-0.4, -0.2) is 13.7 Å². The molecule has 74 valence electrons. The lowest BCUT2D eigenvalue weighted by Gasteiger charge is -2.02. The minimum Gasteiger partial charge on any atom is -0.495 e. The molecule has 0 aliphatic rings. The molecule has 1 aromatic rings. The second kappa shape index (κ2) is 5.25. The van der Waals surface area contributed by atoms with Crippen LogP contribution in [0.5, 0.6) is 5.75 Å². The van der Waals surface area contributed by atoms with Crippen molar-refractivity contribution in [3.05, 3.63) is 29.6 Å². The molecule has 0 radical (unpaired) electrons. The lowest BCUT2D eigenvalue weighted by atomic mass is 10.2. The summed E-state index contributed by atoms with van der Waals surface area (Å²) >= 11 is 0. The normalized spacial score (nSPS) is 9.07. The van der Waals surface area contributed by atoms with Crippen LogP contribution >= 0.6 is 0 Å². The molecular formula is C11H12FNO. The van der Waals surface area contributed by atoms with Crippen LogP contribution < -0.4 is 10.5 Å². The van der Waals surface area contributed by atoms with E-state index < -0.39 is 0 Å². The van der Waals surface area contributed by atoms with E-state index in [1.165, 1.54) is 13.2 Å². The first kappa shape index (κ1) is 10.6. The zero-order valence-corrected chi connectivity index (χ0v) is 8.01. The first-order valence-corrected chi connectivity index (χ1v) is 4.31. The summed E-state index contributed by atoms with van der Waals surface area (Å²) in [6.07, 6.45) is 0.553. The van der Waals surface area contributed by atoms with E-state index in [0.29, 0.717) is 24.3 Å². The van der Waals surface area contributed by atoms with Crippen LogP contribution in [0.3, 0.4) is 0 Å². The molecule has 3 heteroatoms. The number of hydrogen-bond acceptors (Lipinski definition) is 2. The van der Waals surface area contributed by atoms with Gasteiger partial charge in [0.25, 0.3) is 0 Å². The number of rotatable bonds is 2. The Labute approximate surface area is 82.9 Å². The number of benzene rings is 1. The second-order valence-corrected chi connectivity index (χ2v) is 2.66. The lowest BCUT2D eigenvalue weighted by Crippen LogP contribution is -1.96. The molecule has 0 heterocycles. The van der Waals surface area contributed by atoms with Crippen LogP contribution in [-0.2, 0) is 0 Å². The maximum atomic E-state index is 13.3. The fraction of sp³-hybridized carbons (Fsp3) is 0.273. The van der Waals surface area contributed by atoms with E-state index >= 15 is 0 Å². The summed E-state index contributed by atoms with van der Waals surface area (Å²) in [5.74, 6) is 5.56. The SMILES string of the molecule is COc1cccc(F)c1C#CCCN. The fourth-order valence-corrected chi connectivity index (χ4v) is 1.02. The van der Waals surface area contributed by atoms with Gasteiger partial charge in [-0.2, -0.15) is 0 Å². The first-order valence-electron chi connectivity index (χ1n) is 4.31. The molecule has 2 nitrogen and oxygen atoms in total. The maximum Gasteiger partial charge on any atom is 0.142 e. The predicted octanol–water partition coefficient (Wildman–Crippen LogP) is 1.53. The molecule has 0 fully saturated rings. The minimum absolute atomic E-state index is 0.295. The Morgan fingerprint density at radius 1 is 1.50 bits per heavy atom. The number of hydrogen-bond donors (Lipinski definition) is 1. The Hall–Kier alpha value is -1.53. The van der Waals surface area contributed by atoms with Gasteiger partial charge in [0.15, 0.2) is 0 Å². The smallest absolute Gasteiger partial charge is 0.142 e. The Balaban J connectivity index is 3.00. The van der Waals surface area contributed by atoms with Crippen molar-refractivity contribution in [3.8, 4) is 17.6 Å². The Kier molecular flexibility index (Phi) is 3.96. The first-order chi connectivity index (χ1) is 6.79. The maximum absolute atomic E-state index is 13.3. The van der Waals surface area contributed by atoms with Crippen molar-refractivity contribution >= 4 is 0 Å². The van der Waals surface area contributed by atoms with Crippen molar-refractivity contribution in [2.75, 3.05) is 13.7 Å². The number of halogens is 1. The van der Waals surface area contributed by atoms with Gasteiger partial charge in [-0.05, 0) is 12.1 Å². The Morgan fingerprint density at radius 2 is 2.29 bits per heavy atom. The quantitative estimate of drug-likeness (QED) is 0.723. The number of nitrogens with two attached hydrogens (primary N) is 1. The summed E-state index contributed by atoms with van der Waals surface area (Å²) in [6, 6.07) is 4.62. The van der Waals surface area contributed by atoms with E-state index in [2.05, 4.69) is 11.8 Å². The van der Waals surface area contributed by atoms with Gasteiger partial charge < -0.3 is 10.5 Å². The van der Waals surface area contributed by atoms with E-state index in [1.807, 2.05) is 0 Å². The molecule has 0 aliphatic heterocycles. The highest BCUT2D eigenvalue weighted by Crippen LogP contribution is 2.19. The average Bonchev–Trinajstić information content (AvgIpc) is 2.20. The molecular weight excluding hydrogens is 181 g/mol. The van der Waals surface area contributed by atoms with E-state index in [9.17, 15) is 4.39 Å². The van der Waals surface area contributed by atoms with Gasteiger partial charge in [0.2, 0.25) is 0 Å². The monoisotopic (exact) mass is 193 g/mol. The largest absolute Gasteiger partial charge is 0.495 e. The molecule has 0 unspecified atom stereocenters. The zero-order valence-electron chi connectivity index (χ0n) is 8.01. The predicted molar refractivity (Wildman–Crippen MR) is 53.5 cm³/mol. The summed E-state index contributed by atoms with van der Waals surface area (Å²) in [7, 11) is 1.49. The summed E-state index contributed by atoms with van der Waals surface area (Å²) < 4.78 is 18.2. The molecule has 0 aliphatic carbocycles. The molecule has 0 aromatic heterocycles. The van der Waals surface area contributed by atoms with E-state index in [0.717, 1.165) is 0 Å². The fourth-order valence-electron chi connectivity index (χ4n) is 1.02. The molecule has 0 saturated heterocycles. The number of ether oxygens (including phenoxy) is 1. The van der Waals surface area contributed by atoms with Crippen LogP contribution in [0.4, 0.5) is 4.39 Å².